The van der Waals surface area contributed by atoms with Crippen LogP contribution in [0.15, 0.2) is 60.7 Å². The minimum atomic E-state index is -0.997. The number of esters is 3. The highest BCUT2D eigenvalue weighted by Crippen LogP contribution is 2.39. The molecule has 2 atom stereocenters. The highest BCUT2D eigenvalue weighted by Gasteiger charge is 2.32. The number of benzene rings is 3. The van der Waals surface area contributed by atoms with Crippen molar-refractivity contribution in [2.24, 2.45) is 0 Å². The van der Waals surface area contributed by atoms with Crippen molar-refractivity contribution in [3.8, 4) is 34.5 Å². The molecule has 0 saturated carbocycles. The van der Waals surface area contributed by atoms with Gasteiger partial charge in [0.15, 0.2) is 46.7 Å². The van der Waals surface area contributed by atoms with Gasteiger partial charge in [-0.2, -0.15) is 0 Å². The van der Waals surface area contributed by atoms with E-state index in [0.717, 1.165) is 5.56 Å². The average molecular weight is 637 g/mol. The minimum Gasteiger partial charge on any atom is -0.493 e. The average Bonchev–Trinajstić information content (AvgIpc) is 3.04. The second-order valence-electron chi connectivity index (χ2n) is 9.64. The Morgan fingerprint density at radius 3 is 1.80 bits per heavy atom. The lowest BCUT2D eigenvalue weighted by molar-refractivity contribution is -0.145. The zero-order valence-electron chi connectivity index (χ0n) is 26.4. The van der Waals surface area contributed by atoms with Gasteiger partial charge in [-0.25, -0.2) is 0 Å². The van der Waals surface area contributed by atoms with Crippen LogP contribution in [0.5, 0.6) is 34.5 Å². The quantitative estimate of drug-likeness (QED) is 0.116. The number of carbonyl (C=O) groups is 4. The summed E-state index contributed by atoms with van der Waals surface area (Å²) in [6.45, 7) is 3.72. The lowest BCUT2D eigenvalue weighted by Gasteiger charge is -2.30. The van der Waals surface area contributed by atoms with Crippen LogP contribution in [0.3, 0.4) is 0 Å². The van der Waals surface area contributed by atoms with Gasteiger partial charge < -0.3 is 37.9 Å². The third kappa shape index (κ3) is 10.0. The Morgan fingerprint density at radius 2 is 1.22 bits per heavy atom. The third-order valence-electron chi connectivity index (χ3n) is 6.30. The van der Waals surface area contributed by atoms with Gasteiger partial charge in [0.2, 0.25) is 0 Å². The van der Waals surface area contributed by atoms with E-state index in [1.807, 2.05) is 0 Å². The molecule has 0 aromatic heterocycles. The summed E-state index contributed by atoms with van der Waals surface area (Å²) in [6, 6.07) is 14.6. The van der Waals surface area contributed by atoms with Gasteiger partial charge >= 0.3 is 17.9 Å². The van der Waals surface area contributed by atoms with E-state index >= 15 is 0 Å². The van der Waals surface area contributed by atoms with Crippen molar-refractivity contribution < 1.29 is 57.1 Å². The van der Waals surface area contributed by atoms with Gasteiger partial charge in [-0.05, 0) is 54.1 Å². The third-order valence-corrected chi connectivity index (χ3v) is 6.30. The van der Waals surface area contributed by atoms with Crippen molar-refractivity contribution in [2.75, 3.05) is 34.5 Å². The SMILES string of the molecule is COc1cc(C(Oc2ccc(C=O)cc2OC)C(COC(C)=O)Oc2ccc(/C=C/COC(C)=O)cc2OC)ccc1OC(C)=O. The number of carbonyl (C=O) groups excluding carboxylic acids is 4. The van der Waals surface area contributed by atoms with Crippen LogP contribution in [0.4, 0.5) is 0 Å². The first-order chi connectivity index (χ1) is 22.1. The monoisotopic (exact) mass is 636 g/mol. The van der Waals surface area contributed by atoms with E-state index in [1.165, 1.54) is 48.2 Å². The second-order valence-corrected chi connectivity index (χ2v) is 9.64. The molecule has 0 saturated heterocycles. The molecule has 12 heteroatoms. The largest absolute Gasteiger partial charge is 0.493 e. The highest BCUT2D eigenvalue weighted by molar-refractivity contribution is 5.76. The van der Waals surface area contributed by atoms with Crippen molar-refractivity contribution in [1.29, 1.82) is 0 Å². The van der Waals surface area contributed by atoms with Gasteiger partial charge in [0, 0.05) is 31.9 Å². The minimum absolute atomic E-state index is 0.108. The predicted molar refractivity (Wildman–Crippen MR) is 166 cm³/mol. The van der Waals surface area contributed by atoms with Crippen LogP contribution in [-0.2, 0) is 23.9 Å². The number of hydrogen-bond acceptors (Lipinski definition) is 12. The Kier molecular flexibility index (Phi) is 13.0. The van der Waals surface area contributed by atoms with Crippen LogP contribution in [0, 0.1) is 0 Å². The summed E-state index contributed by atoms with van der Waals surface area (Å²) in [5.41, 5.74) is 1.61. The summed E-state index contributed by atoms with van der Waals surface area (Å²) >= 11 is 0. The summed E-state index contributed by atoms with van der Waals surface area (Å²) in [6.07, 6.45) is 2.12. The first-order valence-corrected chi connectivity index (χ1v) is 14.0. The van der Waals surface area contributed by atoms with Crippen molar-refractivity contribution in [3.63, 3.8) is 0 Å². The summed E-state index contributed by atoms with van der Waals surface area (Å²) in [4.78, 5) is 46.1. The molecule has 0 heterocycles. The normalized spacial score (nSPS) is 12.0. The Morgan fingerprint density at radius 1 is 0.652 bits per heavy atom. The number of hydrogen-bond donors (Lipinski definition) is 0. The van der Waals surface area contributed by atoms with Gasteiger partial charge in [-0.3, -0.25) is 19.2 Å². The maximum Gasteiger partial charge on any atom is 0.308 e. The molecular weight excluding hydrogens is 600 g/mol. The number of rotatable bonds is 16. The van der Waals surface area contributed by atoms with Gasteiger partial charge in [-0.15, -0.1) is 0 Å². The molecule has 244 valence electrons. The maximum absolute atomic E-state index is 12.0. The van der Waals surface area contributed by atoms with Gasteiger partial charge in [0.1, 0.15) is 19.5 Å². The van der Waals surface area contributed by atoms with E-state index in [1.54, 1.807) is 60.7 Å². The Balaban J connectivity index is 2.10. The zero-order valence-corrected chi connectivity index (χ0v) is 26.4. The fourth-order valence-corrected chi connectivity index (χ4v) is 4.23. The van der Waals surface area contributed by atoms with Crippen LogP contribution in [0.2, 0.25) is 0 Å². The standard InChI is InChI=1S/C34H36O12/c1-21(36)42-15-7-8-24-9-12-28(30(16-24)39-4)45-33(20-43-22(2)37)34(46-29-13-10-25(19-35)17-31(29)40-5)26-11-14-27(44-23(3)38)32(18-26)41-6/h7-14,16-19,33-34H,15,20H2,1-6H3/b8-7+. The Labute approximate surface area is 266 Å². The molecule has 0 N–H and O–H groups in total. The van der Waals surface area contributed by atoms with Crippen LogP contribution >= 0.6 is 0 Å². The molecule has 2 unspecified atom stereocenters. The lowest BCUT2D eigenvalue weighted by Crippen LogP contribution is -2.34. The Hall–Kier alpha value is -5.52. The summed E-state index contributed by atoms with van der Waals surface area (Å²) < 4.78 is 45.1. The van der Waals surface area contributed by atoms with Crippen molar-refractivity contribution in [3.05, 3.63) is 77.4 Å². The molecule has 3 aromatic rings. The van der Waals surface area contributed by atoms with E-state index in [0.29, 0.717) is 28.9 Å². The molecule has 0 radical (unpaired) electrons. The van der Waals surface area contributed by atoms with Gasteiger partial charge in [0.25, 0.3) is 0 Å². The fourth-order valence-electron chi connectivity index (χ4n) is 4.23. The molecule has 0 fully saturated rings. The topological polar surface area (TPSA) is 142 Å². The van der Waals surface area contributed by atoms with Crippen molar-refractivity contribution in [2.45, 2.75) is 33.0 Å². The number of methoxy groups -OCH3 is 3. The van der Waals surface area contributed by atoms with E-state index in [4.69, 9.17) is 37.9 Å². The van der Waals surface area contributed by atoms with E-state index in [-0.39, 0.29) is 36.2 Å². The molecule has 0 bridgehead atoms. The van der Waals surface area contributed by atoms with E-state index < -0.39 is 30.1 Å². The van der Waals surface area contributed by atoms with E-state index in [9.17, 15) is 19.2 Å². The molecule has 0 spiro atoms. The molecule has 0 aliphatic rings. The second kappa shape index (κ2) is 17.1. The zero-order chi connectivity index (χ0) is 33.6. The Bertz CT molecular complexity index is 1560. The molecule has 0 amide bonds. The summed E-state index contributed by atoms with van der Waals surface area (Å²) in [7, 11) is 4.33. The molecule has 0 aliphatic heterocycles. The van der Waals surface area contributed by atoms with Crippen LogP contribution < -0.4 is 28.4 Å². The van der Waals surface area contributed by atoms with Crippen molar-refractivity contribution >= 4 is 30.3 Å². The van der Waals surface area contributed by atoms with E-state index in [2.05, 4.69) is 0 Å². The maximum atomic E-state index is 12.0. The molecule has 0 aliphatic carbocycles. The lowest BCUT2D eigenvalue weighted by atomic mass is 10.0. The molecule has 3 rings (SSSR count). The smallest absolute Gasteiger partial charge is 0.308 e. The summed E-state index contributed by atoms with van der Waals surface area (Å²) in [5, 5.41) is 0. The fraction of sp³-hybridized carbons (Fsp3) is 0.294. The summed E-state index contributed by atoms with van der Waals surface area (Å²) in [5.74, 6) is 0.131. The van der Waals surface area contributed by atoms with Crippen LogP contribution in [0.1, 0.15) is 48.4 Å². The van der Waals surface area contributed by atoms with Gasteiger partial charge in [-0.1, -0.05) is 18.2 Å². The number of aldehydes is 1. The first kappa shape index (κ1) is 35.0. The first-order valence-electron chi connectivity index (χ1n) is 14.0. The molecular formula is C34H36O12. The van der Waals surface area contributed by atoms with Crippen LogP contribution in [0.25, 0.3) is 6.08 Å². The van der Waals surface area contributed by atoms with Gasteiger partial charge in [0.05, 0.1) is 21.3 Å². The molecule has 12 nitrogen and oxygen atoms in total. The molecule has 3 aromatic carbocycles. The van der Waals surface area contributed by atoms with Crippen LogP contribution in [-0.4, -0.2) is 64.8 Å². The highest BCUT2D eigenvalue weighted by atomic mass is 16.6. The predicted octanol–water partition coefficient (Wildman–Crippen LogP) is 5.16. The van der Waals surface area contributed by atoms with Crippen molar-refractivity contribution in [1.82, 2.24) is 0 Å². The molecule has 46 heavy (non-hydrogen) atoms. The number of ether oxygens (including phenoxy) is 8.